The van der Waals surface area contributed by atoms with E-state index in [0.717, 1.165) is 17.1 Å². The second-order valence-corrected chi connectivity index (χ2v) is 4.94. The number of nitrogens with zero attached hydrogens (tertiary/aromatic N) is 1. The van der Waals surface area contributed by atoms with Gasteiger partial charge in [0.05, 0.1) is 10.7 Å². The summed E-state index contributed by atoms with van der Waals surface area (Å²) >= 11 is 1.62. The molecule has 1 aromatic rings. The van der Waals surface area contributed by atoms with Crippen LogP contribution in [0.2, 0.25) is 0 Å². The van der Waals surface area contributed by atoms with Crippen molar-refractivity contribution in [1.29, 1.82) is 0 Å². The lowest BCUT2D eigenvalue weighted by molar-refractivity contribution is -0.121. The van der Waals surface area contributed by atoms with Gasteiger partial charge in [0.2, 0.25) is 5.91 Å². The van der Waals surface area contributed by atoms with Crippen molar-refractivity contribution in [2.75, 3.05) is 6.54 Å². The van der Waals surface area contributed by atoms with Crippen molar-refractivity contribution < 1.29 is 4.79 Å². The van der Waals surface area contributed by atoms with Crippen LogP contribution in [0.1, 0.15) is 31.0 Å². The van der Waals surface area contributed by atoms with Gasteiger partial charge in [-0.15, -0.1) is 11.3 Å². The number of aromatic nitrogens is 1. The summed E-state index contributed by atoms with van der Waals surface area (Å²) < 4.78 is 0. The minimum Gasteiger partial charge on any atom is -0.354 e. The number of carbonyl (C=O) groups is 1. The quantitative estimate of drug-likeness (QED) is 0.783. The third-order valence-corrected chi connectivity index (χ3v) is 2.97. The molecule has 0 bridgehead atoms. The molecule has 1 amide bonds. The number of nitrogens with one attached hydrogen (secondary N) is 1. The van der Waals surface area contributed by atoms with E-state index in [0.29, 0.717) is 19.4 Å². The summed E-state index contributed by atoms with van der Waals surface area (Å²) in [5.74, 6) is 0.0865. The van der Waals surface area contributed by atoms with Crippen molar-refractivity contribution >= 4 is 17.2 Å². The summed E-state index contributed by atoms with van der Waals surface area (Å²) in [7, 11) is 0. The van der Waals surface area contributed by atoms with Gasteiger partial charge in [-0.05, 0) is 26.8 Å². The van der Waals surface area contributed by atoms with Crippen molar-refractivity contribution in [3.63, 3.8) is 0 Å². The van der Waals surface area contributed by atoms with Gasteiger partial charge in [0.1, 0.15) is 0 Å². The predicted molar refractivity (Wildman–Crippen MR) is 66.5 cm³/mol. The molecular weight excluding hydrogens is 222 g/mol. The molecule has 0 atom stereocenters. The normalized spacial score (nSPS) is 10.8. The Morgan fingerprint density at radius 3 is 2.94 bits per heavy atom. The van der Waals surface area contributed by atoms with Gasteiger partial charge in [-0.25, -0.2) is 4.98 Å². The van der Waals surface area contributed by atoms with Gasteiger partial charge in [0.15, 0.2) is 0 Å². The summed E-state index contributed by atoms with van der Waals surface area (Å²) in [6.45, 7) is 4.54. The lowest BCUT2D eigenvalue weighted by atomic mass is 10.2. The number of nitrogens with two attached hydrogens (primary N) is 1. The predicted octanol–water partition coefficient (Wildman–Crippen LogP) is 1.10. The average molecular weight is 241 g/mol. The minimum absolute atomic E-state index is 0.0865. The molecule has 0 aromatic carbocycles. The van der Waals surface area contributed by atoms with Crippen LogP contribution in [0.5, 0.6) is 0 Å². The molecule has 0 radical (unpaired) electrons. The second-order valence-electron chi connectivity index (χ2n) is 3.99. The van der Waals surface area contributed by atoms with Crippen molar-refractivity contribution in [3.05, 3.63) is 16.1 Å². The van der Waals surface area contributed by atoms with Gasteiger partial charge < -0.3 is 11.1 Å². The number of hydrogen-bond acceptors (Lipinski definition) is 4. The van der Waals surface area contributed by atoms with E-state index < -0.39 is 0 Å². The van der Waals surface area contributed by atoms with Gasteiger partial charge in [-0.2, -0.15) is 0 Å². The van der Waals surface area contributed by atoms with E-state index in [2.05, 4.69) is 10.3 Å². The summed E-state index contributed by atoms with van der Waals surface area (Å²) in [5, 5.41) is 5.93. The molecule has 1 heterocycles. The first-order valence-corrected chi connectivity index (χ1v) is 6.42. The molecule has 1 rings (SSSR count). The number of aryl methyl sites for hydroxylation is 1. The van der Waals surface area contributed by atoms with E-state index in [9.17, 15) is 4.79 Å². The zero-order valence-electron chi connectivity index (χ0n) is 9.82. The van der Waals surface area contributed by atoms with Crippen LogP contribution < -0.4 is 11.1 Å². The molecule has 0 fully saturated rings. The Morgan fingerprint density at radius 1 is 1.56 bits per heavy atom. The highest BCUT2D eigenvalue weighted by Crippen LogP contribution is 2.11. The molecule has 5 heteroatoms. The SMILES string of the molecule is CC(C)NC(=O)CCc1csc(CCN)n1. The average Bonchev–Trinajstić information content (AvgIpc) is 2.62. The van der Waals surface area contributed by atoms with Crippen molar-refractivity contribution in [3.8, 4) is 0 Å². The van der Waals surface area contributed by atoms with Crippen LogP contribution in [0.15, 0.2) is 5.38 Å². The maximum Gasteiger partial charge on any atom is 0.220 e. The Kier molecular flexibility index (Phi) is 5.42. The highest BCUT2D eigenvalue weighted by Gasteiger charge is 2.06. The van der Waals surface area contributed by atoms with E-state index in [1.807, 2.05) is 19.2 Å². The summed E-state index contributed by atoms with van der Waals surface area (Å²) in [5.41, 5.74) is 6.44. The number of hydrogen-bond donors (Lipinski definition) is 2. The lowest BCUT2D eigenvalue weighted by Gasteiger charge is -2.06. The topological polar surface area (TPSA) is 68.0 Å². The van der Waals surface area contributed by atoms with E-state index in [4.69, 9.17) is 5.73 Å². The van der Waals surface area contributed by atoms with Crippen LogP contribution in [0.4, 0.5) is 0 Å². The van der Waals surface area contributed by atoms with Crippen LogP contribution in [0, 0.1) is 0 Å². The number of thiazole rings is 1. The molecule has 0 aliphatic rings. The van der Waals surface area contributed by atoms with E-state index in [-0.39, 0.29) is 11.9 Å². The van der Waals surface area contributed by atoms with Crippen LogP contribution in [0.25, 0.3) is 0 Å². The van der Waals surface area contributed by atoms with Crippen LogP contribution in [-0.2, 0) is 17.6 Å². The molecular formula is C11H19N3OS. The van der Waals surface area contributed by atoms with Gasteiger partial charge in [-0.1, -0.05) is 0 Å². The number of amides is 1. The molecule has 0 spiro atoms. The maximum absolute atomic E-state index is 11.4. The second kappa shape index (κ2) is 6.60. The van der Waals surface area contributed by atoms with Gasteiger partial charge in [0.25, 0.3) is 0 Å². The van der Waals surface area contributed by atoms with Gasteiger partial charge >= 0.3 is 0 Å². The fraction of sp³-hybridized carbons (Fsp3) is 0.636. The lowest BCUT2D eigenvalue weighted by Crippen LogP contribution is -2.30. The summed E-state index contributed by atoms with van der Waals surface area (Å²) in [6.07, 6.45) is 2.03. The van der Waals surface area contributed by atoms with Gasteiger partial charge in [0, 0.05) is 24.3 Å². The van der Waals surface area contributed by atoms with E-state index in [1.54, 1.807) is 11.3 Å². The zero-order chi connectivity index (χ0) is 12.0. The van der Waals surface area contributed by atoms with Gasteiger partial charge in [-0.3, -0.25) is 4.79 Å². The third-order valence-electron chi connectivity index (χ3n) is 2.02. The molecule has 1 aromatic heterocycles. The van der Waals surface area contributed by atoms with Crippen LogP contribution in [0.3, 0.4) is 0 Å². The molecule has 16 heavy (non-hydrogen) atoms. The Bertz CT molecular complexity index is 336. The number of carbonyl (C=O) groups excluding carboxylic acids is 1. The van der Waals surface area contributed by atoms with Crippen LogP contribution in [-0.4, -0.2) is 23.5 Å². The first-order chi connectivity index (χ1) is 7.61. The van der Waals surface area contributed by atoms with Crippen molar-refractivity contribution in [2.45, 2.75) is 39.2 Å². The molecule has 4 nitrogen and oxygen atoms in total. The number of rotatable bonds is 6. The molecule has 90 valence electrons. The standard InChI is InChI=1S/C11H19N3OS/c1-8(2)13-10(15)4-3-9-7-16-11(14-9)5-6-12/h7-8H,3-6,12H2,1-2H3,(H,13,15). The zero-order valence-corrected chi connectivity index (χ0v) is 10.6. The largest absolute Gasteiger partial charge is 0.354 e. The molecule has 0 saturated heterocycles. The summed E-state index contributed by atoms with van der Waals surface area (Å²) in [6, 6.07) is 0.204. The third kappa shape index (κ3) is 4.72. The molecule has 3 N–H and O–H groups in total. The Labute approximate surface area is 100 Å². The highest BCUT2D eigenvalue weighted by atomic mass is 32.1. The minimum atomic E-state index is 0.0865. The molecule has 0 aliphatic carbocycles. The molecule has 0 aliphatic heterocycles. The van der Waals surface area contributed by atoms with E-state index in [1.165, 1.54) is 0 Å². The van der Waals surface area contributed by atoms with Crippen molar-refractivity contribution in [2.24, 2.45) is 5.73 Å². The maximum atomic E-state index is 11.4. The fourth-order valence-corrected chi connectivity index (χ4v) is 2.19. The first-order valence-electron chi connectivity index (χ1n) is 5.54. The van der Waals surface area contributed by atoms with Crippen LogP contribution >= 0.6 is 11.3 Å². The molecule has 0 saturated carbocycles. The van der Waals surface area contributed by atoms with Crippen molar-refractivity contribution in [1.82, 2.24) is 10.3 Å². The highest BCUT2D eigenvalue weighted by molar-refractivity contribution is 7.09. The Balaban J connectivity index is 2.33. The summed E-state index contributed by atoms with van der Waals surface area (Å²) in [4.78, 5) is 15.8. The van der Waals surface area contributed by atoms with E-state index >= 15 is 0 Å². The fourth-order valence-electron chi connectivity index (χ4n) is 1.34. The Hall–Kier alpha value is -0.940. The first kappa shape index (κ1) is 13.1. The smallest absolute Gasteiger partial charge is 0.220 e. The Morgan fingerprint density at radius 2 is 2.31 bits per heavy atom. The monoisotopic (exact) mass is 241 g/mol. The molecule has 0 unspecified atom stereocenters.